The molecule has 0 radical (unpaired) electrons. The largest absolute Gasteiger partial charge is 0.465 e. The molecule has 2 rings (SSSR count). The first kappa shape index (κ1) is 13.8. The third-order valence-corrected chi connectivity index (χ3v) is 3.74. The summed E-state index contributed by atoms with van der Waals surface area (Å²) in [6.07, 6.45) is 3.85. The second kappa shape index (κ2) is 6.50. The standard InChI is InChI=1S/C13H23NO4/c1-2-17-12(15)10-14-11-3-6-18-13(9-11)4-7-16-8-5-13/h11,14H,2-10H2,1H3. The summed E-state index contributed by atoms with van der Waals surface area (Å²) in [5.74, 6) is -0.176. The fraction of sp³-hybridized carbons (Fsp3) is 0.923. The maximum Gasteiger partial charge on any atom is 0.319 e. The molecule has 0 amide bonds. The molecule has 1 spiro atoms. The third kappa shape index (κ3) is 3.67. The molecule has 2 aliphatic heterocycles. The van der Waals surface area contributed by atoms with E-state index in [4.69, 9.17) is 14.2 Å². The SMILES string of the molecule is CCOC(=O)CNC1CCOC2(CCOCC2)C1. The van der Waals surface area contributed by atoms with Crippen molar-refractivity contribution in [1.82, 2.24) is 5.32 Å². The third-order valence-electron chi connectivity index (χ3n) is 3.74. The summed E-state index contributed by atoms with van der Waals surface area (Å²) >= 11 is 0. The van der Waals surface area contributed by atoms with Gasteiger partial charge in [0.2, 0.25) is 0 Å². The Hall–Kier alpha value is -0.650. The van der Waals surface area contributed by atoms with Crippen molar-refractivity contribution in [3.8, 4) is 0 Å². The predicted molar refractivity (Wildman–Crippen MR) is 66.4 cm³/mol. The number of carbonyl (C=O) groups is 1. The van der Waals surface area contributed by atoms with Crippen molar-refractivity contribution < 1.29 is 19.0 Å². The first-order valence-corrected chi connectivity index (χ1v) is 6.85. The van der Waals surface area contributed by atoms with E-state index in [0.29, 0.717) is 19.2 Å². The van der Waals surface area contributed by atoms with E-state index < -0.39 is 0 Å². The van der Waals surface area contributed by atoms with Crippen molar-refractivity contribution in [2.24, 2.45) is 0 Å². The summed E-state index contributed by atoms with van der Waals surface area (Å²) in [6, 6.07) is 0.348. The van der Waals surface area contributed by atoms with E-state index in [1.807, 2.05) is 6.92 Å². The van der Waals surface area contributed by atoms with Gasteiger partial charge in [-0.3, -0.25) is 4.79 Å². The van der Waals surface area contributed by atoms with E-state index in [1.165, 1.54) is 0 Å². The van der Waals surface area contributed by atoms with Crippen LogP contribution in [0.4, 0.5) is 0 Å². The zero-order valence-corrected chi connectivity index (χ0v) is 11.1. The van der Waals surface area contributed by atoms with Gasteiger partial charge in [0.1, 0.15) is 0 Å². The number of rotatable bonds is 4. The summed E-state index contributed by atoms with van der Waals surface area (Å²) < 4.78 is 16.3. The normalized spacial score (nSPS) is 27.1. The van der Waals surface area contributed by atoms with Crippen LogP contribution in [0.3, 0.4) is 0 Å². The second-order valence-corrected chi connectivity index (χ2v) is 5.02. The van der Waals surface area contributed by atoms with Crippen LogP contribution >= 0.6 is 0 Å². The second-order valence-electron chi connectivity index (χ2n) is 5.02. The minimum Gasteiger partial charge on any atom is -0.465 e. The van der Waals surface area contributed by atoms with Gasteiger partial charge >= 0.3 is 5.97 Å². The van der Waals surface area contributed by atoms with Crippen molar-refractivity contribution in [2.75, 3.05) is 33.0 Å². The van der Waals surface area contributed by atoms with Crippen LogP contribution in [0.2, 0.25) is 0 Å². The zero-order valence-electron chi connectivity index (χ0n) is 11.1. The van der Waals surface area contributed by atoms with Crippen LogP contribution in [-0.4, -0.2) is 50.6 Å². The maximum atomic E-state index is 11.3. The van der Waals surface area contributed by atoms with Crippen LogP contribution in [0.25, 0.3) is 0 Å². The molecule has 1 atom stereocenters. The molecule has 5 heteroatoms. The van der Waals surface area contributed by atoms with Crippen molar-refractivity contribution in [1.29, 1.82) is 0 Å². The lowest BCUT2D eigenvalue weighted by Crippen LogP contribution is -2.50. The highest BCUT2D eigenvalue weighted by Crippen LogP contribution is 2.34. The van der Waals surface area contributed by atoms with Gasteiger partial charge in [-0.05, 0) is 32.6 Å². The highest BCUT2D eigenvalue weighted by Gasteiger charge is 2.38. The molecule has 0 aliphatic carbocycles. The van der Waals surface area contributed by atoms with Gasteiger partial charge in [-0.2, -0.15) is 0 Å². The molecule has 1 N–H and O–H groups in total. The molecule has 2 aliphatic rings. The number of hydrogen-bond donors (Lipinski definition) is 1. The van der Waals surface area contributed by atoms with E-state index in [9.17, 15) is 4.79 Å². The first-order valence-electron chi connectivity index (χ1n) is 6.85. The summed E-state index contributed by atoms with van der Waals surface area (Å²) in [4.78, 5) is 11.3. The zero-order chi connectivity index (χ0) is 12.8. The lowest BCUT2D eigenvalue weighted by atomic mass is 9.84. The Labute approximate surface area is 108 Å². The van der Waals surface area contributed by atoms with Crippen LogP contribution in [0.1, 0.15) is 32.6 Å². The molecule has 0 aromatic rings. The molecule has 0 saturated carbocycles. The number of ether oxygens (including phenoxy) is 3. The Morgan fingerprint density at radius 3 is 2.89 bits per heavy atom. The van der Waals surface area contributed by atoms with Gasteiger partial charge in [0.15, 0.2) is 0 Å². The van der Waals surface area contributed by atoms with E-state index in [-0.39, 0.29) is 11.6 Å². The summed E-state index contributed by atoms with van der Waals surface area (Å²) in [5, 5.41) is 3.28. The van der Waals surface area contributed by atoms with Crippen molar-refractivity contribution in [3.63, 3.8) is 0 Å². The molecule has 104 valence electrons. The van der Waals surface area contributed by atoms with Crippen LogP contribution < -0.4 is 5.32 Å². The minimum atomic E-state index is -0.176. The summed E-state index contributed by atoms with van der Waals surface area (Å²) in [5.41, 5.74) is -0.0250. The molecule has 5 nitrogen and oxygen atoms in total. The Bertz CT molecular complexity index is 271. The Balaban J connectivity index is 1.77. The van der Waals surface area contributed by atoms with Gasteiger partial charge in [0, 0.05) is 25.9 Å². The minimum absolute atomic E-state index is 0.0250. The number of hydrogen-bond acceptors (Lipinski definition) is 5. The van der Waals surface area contributed by atoms with Crippen molar-refractivity contribution in [2.45, 2.75) is 44.2 Å². The molecule has 2 heterocycles. The maximum absolute atomic E-state index is 11.3. The fourth-order valence-electron chi connectivity index (χ4n) is 2.73. The van der Waals surface area contributed by atoms with Crippen LogP contribution in [-0.2, 0) is 19.0 Å². The van der Waals surface area contributed by atoms with Crippen molar-refractivity contribution in [3.05, 3.63) is 0 Å². The van der Waals surface area contributed by atoms with Gasteiger partial charge in [0.25, 0.3) is 0 Å². The van der Waals surface area contributed by atoms with Gasteiger partial charge in [-0.15, -0.1) is 0 Å². The van der Waals surface area contributed by atoms with Crippen LogP contribution in [0.5, 0.6) is 0 Å². The number of nitrogens with one attached hydrogen (secondary N) is 1. The summed E-state index contributed by atoms with van der Waals surface area (Å²) in [7, 11) is 0. The smallest absolute Gasteiger partial charge is 0.319 e. The van der Waals surface area contributed by atoms with E-state index in [0.717, 1.165) is 45.5 Å². The monoisotopic (exact) mass is 257 g/mol. The molecule has 0 aromatic carbocycles. The lowest BCUT2D eigenvalue weighted by Gasteiger charge is -2.43. The highest BCUT2D eigenvalue weighted by atomic mass is 16.5. The van der Waals surface area contributed by atoms with E-state index in [2.05, 4.69) is 5.32 Å². The van der Waals surface area contributed by atoms with Crippen molar-refractivity contribution >= 4 is 5.97 Å². The molecule has 2 fully saturated rings. The van der Waals surface area contributed by atoms with E-state index in [1.54, 1.807) is 0 Å². The topological polar surface area (TPSA) is 56.8 Å². The van der Waals surface area contributed by atoms with Crippen LogP contribution in [0, 0.1) is 0 Å². The predicted octanol–water partition coefficient (Wildman–Crippen LogP) is 0.867. The molecular weight excluding hydrogens is 234 g/mol. The van der Waals surface area contributed by atoms with Gasteiger partial charge in [-0.25, -0.2) is 0 Å². The number of carbonyl (C=O) groups excluding carboxylic acids is 1. The van der Waals surface area contributed by atoms with Gasteiger partial charge in [0.05, 0.1) is 18.8 Å². The molecule has 1 unspecified atom stereocenters. The average Bonchev–Trinajstić information content (AvgIpc) is 2.38. The Morgan fingerprint density at radius 1 is 1.39 bits per heavy atom. The highest BCUT2D eigenvalue weighted by molar-refractivity contribution is 5.71. The molecule has 0 bridgehead atoms. The van der Waals surface area contributed by atoms with Gasteiger partial charge < -0.3 is 19.5 Å². The van der Waals surface area contributed by atoms with Gasteiger partial charge in [-0.1, -0.05) is 0 Å². The lowest BCUT2D eigenvalue weighted by molar-refractivity contribution is -0.147. The molecule has 0 aromatic heterocycles. The Kier molecular flexibility index (Phi) is 4.97. The Morgan fingerprint density at radius 2 is 2.17 bits per heavy atom. The fourth-order valence-corrected chi connectivity index (χ4v) is 2.73. The number of esters is 1. The molecule has 18 heavy (non-hydrogen) atoms. The molecule has 2 saturated heterocycles. The average molecular weight is 257 g/mol. The first-order chi connectivity index (χ1) is 8.74. The summed E-state index contributed by atoms with van der Waals surface area (Å²) in [6.45, 7) is 4.89. The molecular formula is C13H23NO4. The van der Waals surface area contributed by atoms with Crippen LogP contribution in [0.15, 0.2) is 0 Å². The van der Waals surface area contributed by atoms with E-state index >= 15 is 0 Å². The quantitative estimate of drug-likeness (QED) is 0.757.